The lowest BCUT2D eigenvalue weighted by molar-refractivity contribution is -0.122. The molecule has 1 N–H and O–H groups in total. The third-order valence-electron chi connectivity index (χ3n) is 6.44. The van der Waals surface area contributed by atoms with Crippen LogP contribution in [-0.2, 0) is 27.2 Å². The van der Waals surface area contributed by atoms with Crippen LogP contribution >= 0.6 is 35.3 Å². The molecule has 1 fully saturated rings. The fourth-order valence-corrected chi connectivity index (χ4v) is 7.10. The number of ether oxygens (including phenoxy) is 1. The average molecular weight is 557 g/mol. The van der Waals surface area contributed by atoms with E-state index in [0.29, 0.717) is 45.8 Å². The summed E-state index contributed by atoms with van der Waals surface area (Å²) in [4.78, 5) is 41.6. The van der Waals surface area contributed by atoms with Gasteiger partial charge in [-0.1, -0.05) is 60.2 Å². The van der Waals surface area contributed by atoms with Crippen LogP contribution in [0.2, 0.25) is 0 Å². The molecule has 2 heterocycles. The van der Waals surface area contributed by atoms with E-state index in [4.69, 9.17) is 17.0 Å². The topological polar surface area (TPSA) is 75.7 Å². The lowest BCUT2D eigenvalue weighted by atomic mass is 9.95. The third kappa shape index (κ3) is 6.89. The largest absolute Gasteiger partial charge is 0.462 e. The quantitative estimate of drug-likeness (QED) is 0.156. The number of amides is 2. The molecular formula is C28H32N2O4S3. The second-order valence-corrected chi connectivity index (χ2v) is 12.0. The van der Waals surface area contributed by atoms with Crippen LogP contribution in [0.4, 0.5) is 5.00 Å². The zero-order chi connectivity index (χ0) is 26.4. The summed E-state index contributed by atoms with van der Waals surface area (Å²) in [6.07, 6.45) is 8.45. The molecule has 0 saturated carbocycles. The Bertz CT molecular complexity index is 1220. The fraction of sp³-hybridized carbons (Fsp3) is 0.429. The molecule has 2 aromatic rings. The van der Waals surface area contributed by atoms with E-state index in [1.807, 2.05) is 37.3 Å². The van der Waals surface area contributed by atoms with E-state index < -0.39 is 0 Å². The van der Waals surface area contributed by atoms with Gasteiger partial charge in [0.05, 0.1) is 17.1 Å². The molecule has 0 radical (unpaired) electrons. The molecule has 9 heteroatoms. The standard InChI is InChI=1S/C28H32N2O4S3/c1-3-34-27(33)24-20-9-6-7-10-21(20)36-25(24)29-23(31)11-5-4-8-16-30-26(32)22(37-28(30)35)17-19-14-12-18(2)13-15-19/h12-15,17H,3-11,16H2,1-2H3,(H,29,31). The number of benzene rings is 1. The Kier molecular flexibility index (Phi) is 9.56. The number of anilines is 1. The Labute approximate surface area is 231 Å². The van der Waals surface area contributed by atoms with Crippen molar-refractivity contribution >= 4 is 68.5 Å². The third-order valence-corrected chi connectivity index (χ3v) is 9.02. The average Bonchev–Trinajstić information content (AvgIpc) is 3.36. The second-order valence-electron chi connectivity index (χ2n) is 9.24. The summed E-state index contributed by atoms with van der Waals surface area (Å²) in [6.45, 7) is 4.67. The Morgan fingerprint density at radius 3 is 2.65 bits per heavy atom. The van der Waals surface area contributed by atoms with Crippen LogP contribution in [0.5, 0.6) is 0 Å². The smallest absolute Gasteiger partial charge is 0.341 e. The monoisotopic (exact) mass is 556 g/mol. The number of unbranched alkanes of at least 4 members (excludes halogenated alkanes) is 2. The van der Waals surface area contributed by atoms with E-state index in [-0.39, 0.29) is 17.8 Å². The summed E-state index contributed by atoms with van der Waals surface area (Å²) in [7, 11) is 0. The summed E-state index contributed by atoms with van der Waals surface area (Å²) in [6, 6.07) is 8.03. The predicted octanol–water partition coefficient (Wildman–Crippen LogP) is 6.51. The molecule has 196 valence electrons. The summed E-state index contributed by atoms with van der Waals surface area (Å²) in [5.74, 6) is -0.505. The molecule has 1 saturated heterocycles. The second kappa shape index (κ2) is 12.8. The molecule has 1 aromatic heterocycles. The minimum Gasteiger partial charge on any atom is -0.462 e. The maximum atomic E-state index is 12.8. The van der Waals surface area contributed by atoms with Crippen molar-refractivity contribution in [1.82, 2.24) is 4.90 Å². The molecule has 2 aliphatic rings. The van der Waals surface area contributed by atoms with Gasteiger partial charge in [-0.2, -0.15) is 0 Å². The predicted molar refractivity (Wildman–Crippen MR) is 155 cm³/mol. The van der Waals surface area contributed by atoms with Gasteiger partial charge in [0.2, 0.25) is 5.91 Å². The Balaban J connectivity index is 1.25. The highest BCUT2D eigenvalue weighted by Gasteiger charge is 2.31. The molecule has 0 atom stereocenters. The summed E-state index contributed by atoms with van der Waals surface area (Å²) in [5.41, 5.74) is 3.75. The Morgan fingerprint density at radius 2 is 1.89 bits per heavy atom. The number of thiophene rings is 1. The summed E-state index contributed by atoms with van der Waals surface area (Å²) >= 11 is 8.28. The van der Waals surface area contributed by atoms with Gasteiger partial charge < -0.3 is 10.1 Å². The number of hydrogen-bond donors (Lipinski definition) is 1. The number of carbonyl (C=O) groups is 3. The fourth-order valence-electron chi connectivity index (χ4n) is 4.50. The molecule has 37 heavy (non-hydrogen) atoms. The van der Waals surface area contributed by atoms with Gasteiger partial charge in [0.1, 0.15) is 9.32 Å². The van der Waals surface area contributed by atoms with Crippen molar-refractivity contribution in [3.05, 3.63) is 56.3 Å². The van der Waals surface area contributed by atoms with Gasteiger partial charge in [0.25, 0.3) is 5.91 Å². The van der Waals surface area contributed by atoms with E-state index in [0.717, 1.165) is 49.7 Å². The van der Waals surface area contributed by atoms with Gasteiger partial charge in [0.15, 0.2) is 0 Å². The van der Waals surface area contributed by atoms with Crippen LogP contribution in [0.15, 0.2) is 29.2 Å². The number of esters is 1. The van der Waals surface area contributed by atoms with Crippen molar-refractivity contribution < 1.29 is 19.1 Å². The SMILES string of the molecule is CCOC(=O)c1c(NC(=O)CCCCCN2C(=O)C(=Cc3ccc(C)cc3)SC2=S)sc2c1CCCC2. The van der Waals surface area contributed by atoms with Crippen molar-refractivity contribution in [2.75, 3.05) is 18.5 Å². The van der Waals surface area contributed by atoms with Gasteiger partial charge in [-0.25, -0.2) is 4.79 Å². The summed E-state index contributed by atoms with van der Waals surface area (Å²) in [5, 5.41) is 3.59. The van der Waals surface area contributed by atoms with Gasteiger partial charge in [0, 0.05) is 17.8 Å². The molecule has 1 aliphatic carbocycles. The minimum atomic E-state index is -0.350. The zero-order valence-corrected chi connectivity index (χ0v) is 23.7. The maximum absolute atomic E-state index is 12.8. The number of carbonyl (C=O) groups excluding carboxylic acids is 3. The van der Waals surface area contributed by atoms with E-state index in [1.54, 1.807) is 11.8 Å². The number of nitrogens with zero attached hydrogens (tertiary/aromatic N) is 1. The van der Waals surface area contributed by atoms with Crippen LogP contribution in [0.1, 0.15) is 77.4 Å². The van der Waals surface area contributed by atoms with E-state index in [1.165, 1.54) is 33.5 Å². The minimum absolute atomic E-state index is 0.0542. The number of thioether (sulfide) groups is 1. The molecule has 0 unspecified atom stereocenters. The van der Waals surface area contributed by atoms with Crippen molar-refractivity contribution in [2.45, 2.75) is 65.2 Å². The summed E-state index contributed by atoms with van der Waals surface area (Å²) < 4.78 is 5.85. The van der Waals surface area contributed by atoms with Crippen molar-refractivity contribution in [3.8, 4) is 0 Å². The first-order valence-corrected chi connectivity index (χ1v) is 14.8. The van der Waals surface area contributed by atoms with E-state index >= 15 is 0 Å². The highest BCUT2D eigenvalue weighted by Crippen LogP contribution is 2.39. The van der Waals surface area contributed by atoms with Gasteiger partial charge in [-0.05, 0) is 69.6 Å². The van der Waals surface area contributed by atoms with E-state index in [9.17, 15) is 14.4 Å². The first-order chi connectivity index (χ1) is 17.9. The first-order valence-electron chi connectivity index (χ1n) is 12.8. The number of hydrogen-bond acceptors (Lipinski definition) is 7. The first kappa shape index (κ1) is 27.5. The maximum Gasteiger partial charge on any atom is 0.341 e. The lowest BCUT2D eigenvalue weighted by Gasteiger charge is -2.14. The Morgan fingerprint density at radius 1 is 1.14 bits per heavy atom. The van der Waals surface area contributed by atoms with Crippen LogP contribution in [0.25, 0.3) is 6.08 Å². The Hall–Kier alpha value is -2.49. The molecule has 6 nitrogen and oxygen atoms in total. The lowest BCUT2D eigenvalue weighted by Crippen LogP contribution is -2.29. The number of aryl methyl sites for hydroxylation is 2. The molecule has 0 spiro atoms. The zero-order valence-electron chi connectivity index (χ0n) is 21.3. The van der Waals surface area contributed by atoms with Crippen LogP contribution in [0, 0.1) is 6.92 Å². The van der Waals surface area contributed by atoms with E-state index in [2.05, 4.69) is 5.32 Å². The molecule has 0 bridgehead atoms. The molecule has 2 amide bonds. The molecule has 1 aliphatic heterocycles. The highest BCUT2D eigenvalue weighted by atomic mass is 32.2. The highest BCUT2D eigenvalue weighted by molar-refractivity contribution is 8.26. The number of fused-ring (bicyclic) bond motifs is 1. The molecule has 4 rings (SSSR count). The number of thiocarbonyl (C=S) groups is 1. The van der Waals surface area contributed by atoms with Crippen molar-refractivity contribution in [3.63, 3.8) is 0 Å². The number of rotatable bonds is 10. The number of nitrogens with one attached hydrogen (secondary N) is 1. The van der Waals surface area contributed by atoms with Crippen LogP contribution in [0.3, 0.4) is 0 Å². The van der Waals surface area contributed by atoms with Crippen molar-refractivity contribution in [1.29, 1.82) is 0 Å². The molecular weight excluding hydrogens is 525 g/mol. The van der Waals surface area contributed by atoms with Crippen LogP contribution in [-0.4, -0.2) is 40.2 Å². The van der Waals surface area contributed by atoms with Gasteiger partial charge in [-0.3, -0.25) is 14.5 Å². The van der Waals surface area contributed by atoms with Crippen LogP contribution < -0.4 is 5.32 Å². The van der Waals surface area contributed by atoms with Gasteiger partial charge >= 0.3 is 5.97 Å². The van der Waals surface area contributed by atoms with Gasteiger partial charge in [-0.15, -0.1) is 11.3 Å². The molecule has 1 aromatic carbocycles. The van der Waals surface area contributed by atoms with Crippen molar-refractivity contribution in [2.24, 2.45) is 0 Å². The normalized spacial score (nSPS) is 16.3.